The van der Waals surface area contributed by atoms with Crippen LogP contribution in [0.5, 0.6) is 5.88 Å². The van der Waals surface area contributed by atoms with Gasteiger partial charge >= 0.3 is 5.69 Å². The summed E-state index contributed by atoms with van der Waals surface area (Å²) in [4.78, 5) is 24.0. The Kier molecular flexibility index (Phi) is 2.88. The number of halogens is 2. The number of nitrogens with one attached hydrogen (secondary N) is 1. The number of aromatic hydroxyl groups is 1. The van der Waals surface area contributed by atoms with Crippen molar-refractivity contribution < 1.29 is 13.9 Å². The lowest BCUT2D eigenvalue weighted by Crippen LogP contribution is -2.31. The Morgan fingerprint density at radius 1 is 1.32 bits per heavy atom. The predicted octanol–water partition coefficient (Wildman–Crippen LogP) is 0.381. The average molecular weight is 265 g/mol. The van der Waals surface area contributed by atoms with E-state index in [0.717, 1.165) is 18.2 Å². The van der Waals surface area contributed by atoms with Gasteiger partial charge in [0.15, 0.2) is 0 Å². The molecule has 0 amide bonds. The molecule has 8 heteroatoms. The van der Waals surface area contributed by atoms with Crippen molar-refractivity contribution in [3.05, 3.63) is 56.2 Å². The minimum atomic E-state index is -1.55. The summed E-state index contributed by atoms with van der Waals surface area (Å²) in [7, 11) is 0. The second-order valence-corrected chi connectivity index (χ2v) is 3.51. The van der Waals surface area contributed by atoms with E-state index in [2.05, 4.69) is 0 Å². The van der Waals surface area contributed by atoms with Gasteiger partial charge in [-0.2, -0.15) is 9.65 Å². The van der Waals surface area contributed by atoms with Gasteiger partial charge in [-0.25, -0.2) is 13.8 Å². The number of nitrogens with zero attached hydrogens (tertiary/aromatic N) is 2. The van der Waals surface area contributed by atoms with E-state index in [1.807, 2.05) is 0 Å². The fourth-order valence-electron chi connectivity index (χ4n) is 1.48. The van der Waals surface area contributed by atoms with Gasteiger partial charge in [-0.05, 0) is 18.2 Å². The van der Waals surface area contributed by atoms with Crippen molar-refractivity contribution in [2.45, 2.75) is 0 Å². The Hall–Kier alpha value is -2.95. The number of aromatic amines is 1. The van der Waals surface area contributed by atoms with Crippen molar-refractivity contribution in [2.75, 3.05) is 0 Å². The third-order valence-corrected chi connectivity index (χ3v) is 2.36. The smallest absolute Gasteiger partial charge is 0.335 e. The molecule has 1 aromatic carbocycles. The Balaban J connectivity index is 2.81. The molecule has 0 atom stereocenters. The fourth-order valence-corrected chi connectivity index (χ4v) is 1.48. The Morgan fingerprint density at radius 3 is 2.63 bits per heavy atom. The van der Waals surface area contributed by atoms with E-state index in [1.54, 1.807) is 4.98 Å². The van der Waals surface area contributed by atoms with Crippen molar-refractivity contribution in [3.63, 3.8) is 0 Å². The number of hydrogen-bond donors (Lipinski definition) is 2. The maximum absolute atomic E-state index is 13.2. The molecule has 0 unspecified atom stereocenters. The largest absolute Gasteiger partial charge is 0.492 e. The van der Waals surface area contributed by atoms with Gasteiger partial charge in [-0.1, -0.05) is 0 Å². The van der Waals surface area contributed by atoms with Crippen LogP contribution in [0.3, 0.4) is 0 Å². The monoisotopic (exact) mass is 265 g/mol. The third kappa shape index (κ3) is 1.97. The molecule has 0 aliphatic heterocycles. The van der Waals surface area contributed by atoms with Gasteiger partial charge in [0, 0.05) is 0 Å². The molecular formula is C11H5F2N3O3. The quantitative estimate of drug-likeness (QED) is 0.778. The second-order valence-electron chi connectivity index (χ2n) is 3.51. The number of rotatable bonds is 1. The third-order valence-electron chi connectivity index (χ3n) is 2.36. The molecule has 1 heterocycles. The van der Waals surface area contributed by atoms with Crippen LogP contribution in [0.1, 0.15) is 5.56 Å². The van der Waals surface area contributed by atoms with Gasteiger partial charge in [-0.15, -0.1) is 0 Å². The van der Waals surface area contributed by atoms with Crippen molar-refractivity contribution >= 4 is 0 Å². The van der Waals surface area contributed by atoms with Gasteiger partial charge in [0.05, 0.1) is 11.3 Å². The molecular weight excluding hydrogens is 260 g/mol. The van der Waals surface area contributed by atoms with E-state index in [9.17, 15) is 23.5 Å². The number of benzene rings is 1. The van der Waals surface area contributed by atoms with E-state index < -0.39 is 34.3 Å². The Labute approximate surface area is 103 Å². The lowest BCUT2D eigenvalue weighted by atomic mass is 10.2. The summed E-state index contributed by atoms with van der Waals surface area (Å²) in [6, 6.07) is 4.40. The summed E-state index contributed by atoms with van der Waals surface area (Å²) in [5.74, 6) is -3.60. The molecule has 0 fully saturated rings. The van der Waals surface area contributed by atoms with Crippen LogP contribution in [0.15, 0.2) is 27.8 Å². The highest BCUT2D eigenvalue weighted by Gasteiger charge is 2.16. The summed E-state index contributed by atoms with van der Waals surface area (Å²) in [5.41, 5.74) is -3.04. The first-order valence-electron chi connectivity index (χ1n) is 4.89. The topological polar surface area (TPSA) is 98.9 Å². The highest BCUT2D eigenvalue weighted by atomic mass is 19.1. The molecule has 0 saturated heterocycles. The summed E-state index contributed by atoms with van der Waals surface area (Å²) >= 11 is 0. The molecule has 2 rings (SSSR count). The maximum Gasteiger partial charge on any atom is 0.335 e. The maximum atomic E-state index is 13.2. The second kappa shape index (κ2) is 4.38. The lowest BCUT2D eigenvalue weighted by Gasteiger charge is -2.08. The minimum absolute atomic E-state index is 0.157. The molecule has 96 valence electrons. The molecule has 2 aromatic rings. The summed E-state index contributed by atoms with van der Waals surface area (Å²) in [5, 5.41) is 18.1. The Morgan fingerprint density at radius 2 is 2.00 bits per heavy atom. The zero-order valence-corrected chi connectivity index (χ0v) is 9.15. The van der Waals surface area contributed by atoms with E-state index in [1.165, 1.54) is 6.07 Å². The zero-order valence-electron chi connectivity index (χ0n) is 9.15. The fraction of sp³-hybridized carbons (Fsp3) is 0. The number of hydrogen-bond acceptors (Lipinski definition) is 4. The summed E-state index contributed by atoms with van der Waals surface area (Å²) in [6.07, 6.45) is 0. The highest BCUT2D eigenvalue weighted by Crippen LogP contribution is 2.17. The lowest BCUT2D eigenvalue weighted by molar-refractivity contribution is 0.386. The van der Waals surface area contributed by atoms with Crippen LogP contribution < -0.4 is 11.2 Å². The van der Waals surface area contributed by atoms with Gasteiger partial charge < -0.3 is 5.11 Å². The zero-order chi connectivity index (χ0) is 14.2. The van der Waals surface area contributed by atoms with Crippen molar-refractivity contribution in [3.8, 4) is 17.6 Å². The molecule has 0 spiro atoms. The average Bonchev–Trinajstić information content (AvgIpc) is 2.38. The van der Waals surface area contributed by atoms with Crippen molar-refractivity contribution in [1.82, 2.24) is 9.55 Å². The number of H-pyrrole nitrogens is 1. The molecule has 0 bridgehead atoms. The number of aromatic nitrogens is 2. The molecule has 2 N–H and O–H groups in total. The molecule has 19 heavy (non-hydrogen) atoms. The summed E-state index contributed by atoms with van der Waals surface area (Å²) in [6.45, 7) is 0. The van der Waals surface area contributed by atoms with E-state index in [-0.39, 0.29) is 5.69 Å². The van der Waals surface area contributed by atoms with Crippen LogP contribution in [0.25, 0.3) is 5.69 Å². The highest BCUT2D eigenvalue weighted by molar-refractivity contribution is 5.43. The Bertz CT molecular complexity index is 817. The van der Waals surface area contributed by atoms with Crippen LogP contribution in [0, 0.1) is 23.0 Å². The van der Waals surface area contributed by atoms with Gasteiger partial charge in [-0.3, -0.25) is 9.78 Å². The van der Waals surface area contributed by atoms with E-state index in [4.69, 9.17) is 5.26 Å². The van der Waals surface area contributed by atoms with Crippen LogP contribution in [0.4, 0.5) is 8.78 Å². The van der Waals surface area contributed by atoms with Crippen LogP contribution >= 0.6 is 0 Å². The minimum Gasteiger partial charge on any atom is -0.492 e. The predicted molar refractivity (Wildman–Crippen MR) is 59.0 cm³/mol. The van der Waals surface area contributed by atoms with Gasteiger partial charge in [0.25, 0.3) is 5.56 Å². The van der Waals surface area contributed by atoms with E-state index >= 15 is 0 Å². The van der Waals surface area contributed by atoms with Gasteiger partial charge in [0.2, 0.25) is 11.7 Å². The molecule has 0 radical (unpaired) electrons. The SMILES string of the molecule is N#Cc1cc(-n2c(O)c(F)c(=O)[nH]c2=O)ccc1F. The van der Waals surface area contributed by atoms with Crippen molar-refractivity contribution in [2.24, 2.45) is 0 Å². The van der Waals surface area contributed by atoms with Gasteiger partial charge in [0.1, 0.15) is 11.9 Å². The van der Waals surface area contributed by atoms with E-state index in [0.29, 0.717) is 4.57 Å². The molecule has 1 aromatic heterocycles. The number of nitriles is 1. The normalized spacial score (nSPS) is 10.2. The standard InChI is InChI=1S/C11H5F2N3O3/c12-7-2-1-6(3-5(7)4-14)16-10(18)8(13)9(17)15-11(16)19/h1-3,18H,(H,15,17,19). The summed E-state index contributed by atoms with van der Waals surface area (Å²) < 4.78 is 26.8. The van der Waals surface area contributed by atoms with Crippen LogP contribution in [-0.2, 0) is 0 Å². The molecule has 0 aliphatic carbocycles. The van der Waals surface area contributed by atoms with Crippen molar-refractivity contribution in [1.29, 1.82) is 5.26 Å². The first-order chi connectivity index (χ1) is 8.95. The first-order valence-corrected chi connectivity index (χ1v) is 4.89. The molecule has 0 saturated carbocycles. The first kappa shape index (κ1) is 12.5. The van der Waals surface area contributed by atoms with Crippen LogP contribution in [-0.4, -0.2) is 14.7 Å². The van der Waals surface area contributed by atoms with Crippen LogP contribution in [0.2, 0.25) is 0 Å². The molecule has 0 aliphatic rings. The molecule has 6 nitrogen and oxygen atoms in total.